The van der Waals surface area contributed by atoms with Crippen LogP contribution in [0.25, 0.3) is 0 Å². The van der Waals surface area contributed by atoms with Crippen molar-refractivity contribution >= 4 is 11.8 Å². The largest absolute Gasteiger partial charge is 0.345 e. The number of nitrogens with one attached hydrogen (secondary N) is 2. The first-order chi connectivity index (χ1) is 9.66. The number of likely N-dealkylation sites (tertiary alicyclic amines) is 1. The normalized spacial score (nSPS) is 22.4. The maximum Gasteiger partial charge on any atom is 0.244 e. The molecule has 2 rings (SSSR count). The van der Waals surface area contributed by atoms with Crippen molar-refractivity contribution in [3.63, 3.8) is 0 Å². The van der Waals surface area contributed by atoms with E-state index in [1.54, 1.807) is 6.92 Å². The van der Waals surface area contributed by atoms with E-state index in [9.17, 15) is 9.59 Å². The van der Waals surface area contributed by atoms with Crippen LogP contribution in [0, 0.1) is 5.92 Å². The van der Waals surface area contributed by atoms with Crippen LogP contribution in [0.15, 0.2) is 0 Å². The second-order valence-corrected chi connectivity index (χ2v) is 6.07. The van der Waals surface area contributed by atoms with Crippen LogP contribution < -0.4 is 10.6 Å². The fourth-order valence-corrected chi connectivity index (χ4v) is 3.10. The second-order valence-electron chi connectivity index (χ2n) is 6.07. The third kappa shape index (κ3) is 4.47. The number of piperidine rings is 2. The molecule has 2 aliphatic rings. The molecule has 2 amide bonds. The molecule has 20 heavy (non-hydrogen) atoms. The number of carbonyl (C=O) groups is 2. The van der Waals surface area contributed by atoms with Crippen LogP contribution in [0.3, 0.4) is 0 Å². The fourth-order valence-electron chi connectivity index (χ4n) is 3.10. The van der Waals surface area contributed by atoms with Crippen LogP contribution in [0.4, 0.5) is 0 Å². The van der Waals surface area contributed by atoms with Gasteiger partial charge in [0.15, 0.2) is 0 Å². The lowest BCUT2D eigenvalue weighted by Crippen LogP contribution is -2.48. The summed E-state index contributed by atoms with van der Waals surface area (Å²) in [5.41, 5.74) is 0. The summed E-state index contributed by atoms with van der Waals surface area (Å²) < 4.78 is 0. The summed E-state index contributed by atoms with van der Waals surface area (Å²) in [6.45, 7) is 5.48. The predicted octanol–water partition coefficient (Wildman–Crippen LogP) is 0.893. The molecule has 5 nitrogen and oxygen atoms in total. The highest BCUT2D eigenvalue weighted by atomic mass is 16.2. The molecule has 1 unspecified atom stereocenters. The van der Waals surface area contributed by atoms with Crippen LogP contribution in [0.2, 0.25) is 0 Å². The van der Waals surface area contributed by atoms with Gasteiger partial charge in [-0.2, -0.15) is 0 Å². The summed E-state index contributed by atoms with van der Waals surface area (Å²) in [6.07, 6.45) is 6.05. The molecule has 0 radical (unpaired) electrons. The van der Waals surface area contributed by atoms with Crippen molar-refractivity contribution in [2.75, 3.05) is 26.2 Å². The molecule has 2 aliphatic heterocycles. The summed E-state index contributed by atoms with van der Waals surface area (Å²) in [5.74, 6) is 0.562. The molecule has 0 saturated carbocycles. The Bertz CT molecular complexity index is 334. The van der Waals surface area contributed by atoms with Crippen LogP contribution >= 0.6 is 0 Å². The molecule has 2 saturated heterocycles. The van der Waals surface area contributed by atoms with Crippen molar-refractivity contribution in [1.82, 2.24) is 15.5 Å². The third-order valence-corrected chi connectivity index (χ3v) is 4.35. The van der Waals surface area contributed by atoms with E-state index in [1.807, 2.05) is 4.90 Å². The Kier molecular flexibility index (Phi) is 5.83. The third-order valence-electron chi connectivity index (χ3n) is 4.35. The van der Waals surface area contributed by atoms with Gasteiger partial charge >= 0.3 is 0 Å². The lowest BCUT2D eigenvalue weighted by molar-refractivity contribution is -0.137. The zero-order chi connectivity index (χ0) is 14.4. The highest BCUT2D eigenvalue weighted by molar-refractivity contribution is 5.87. The Morgan fingerprint density at radius 1 is 1.20 bits per heavy atom. The quantitative estimate of drug-likeness (QED) is 0.804. The summed E-state index contributed by atoms with van der Waals surface area (Å²) in [5, 5.41) is 6.17. The molecule has 0 spiro atoms. The van der Waals surface area contributed by atoms with Crippen molar-refractivity contribution in [2.45, 2.75) is 51.5 Å². The van der Waals surface area contributed by atoms with E-state index in [4.69, 9.17) is 0 Å². The van der Waals surface area contributed by atoms with Gasteiger partial charge in [0.05, 0.1) is 0 Å². The number of hydrogen-bond donors (Lipinski definition) is 2. The summed E-state index contributed by atoms with van der Waals surface area (Å²) in [6, 6.07) is -0.387. The van der Waals surface area contributed by atoms with E-state index in [0.29, 0.717) is 12.3 Å². The SMILES string of the molecule is CC(NC(=O)CC1CCNCC1)C(=O)N1CCCCC1. The average Bonchev–Trinajstić information content (AvgIpc) is 2.48. The lowest BCUT2D eigenvalue weighted by atomic mass is 9.94. The van der Waals surface area contributed by atoms with Gasteiger partial charge in [0.2, 0.25) is 11.8 Å². The van der Waals surface area contributed by atoms with Gasteiger partial charge in [0.25, 0.3) is 0 Å². The Morgan fingerprint density at radius 3 is 2.50 bits per heavy atom. The maximum absolute atomic E-state index is 12.2. The molecule has 0 aromatic rings. The van der Waals surface area contributed by atoms with Gasteiger partial charge in [0.1, 0.15) is 6.04 Å². The second kappa shape index (κ2) is 7.62. The topological polar surface area (TPSA) is 61.4 Å². The van der Waals surface area contributed by atoms with Crippen LogP contribution in [0.1, 0.15) is 45.4 Å². The molecule has 1 atom stereocenters. The lowest BCUT2D eigenvalue weighted by Gasteiger charge is -2.30. The van der Waals surface area contributed by atoms with Crippen LogP contribution in [-0.4, -0.2) is 48.9 Å². The van der Waals surface area contributed by atoms with Crippen molar-refractivity contribution in [3.05, 3.63) is 0 Å². The molecular weight excluding hydrogens is 254 g/mol. The Labute approximate surface area is 121 Å². The minimum absolute atomic E-state index is 0.0229. The van der Waals surface area contributed by atoms with Crippen molar-refractivity contribution in [1.29, 1.82) is 0 Å². The minimum Gasteiger partial charge on any atom is -0.345 e. The minimum atomic E-state index is -0.387. The number of nitrogens with zero attached hydrogens (tertiary/aromatic N) is 1. The Morgan fingerprint density at radius 2 is 1.85 bits per heavy atom. The van der Waals surface area contributed by atoms with Crippen molar-refractivity contribution in [3.8, 4) is 0 Å². The smallest absolute Gasteiger partial charge is 0.244 e. The standard InChI is InChI=1S/C15H27N3O2/c1-12(15(20)18-9-3-2-4-10-18)17-14(19)11-13-5-7-16-8-6-13/h12-13,16H,2-11H2,1H3,(H,17,19). The molecule has 0 aliphatic carbocycles. The van der Waals surface area contributed by atoms with E-state index in [0.717, 1.165) is 51.9 Å². The summed E-state index contributed by atoms with van der Waals surface area (Å²) >= 11 is 0. The first kappa shape index (κ1) is 15.3. The van der Waals surface area contributed by atoms with Gasteiger partial charge < -0.3 is 15.5 Å². The molecule has 114 valence electrons. The van der Waals surface area contributed by atoms with Crippen LogP contribution in [-0.2, 0) is 9.59 Å². The highest BCUT2D eigenvalue weighted by Gasteiger charge is 2.24. The van der Waals surface area contributed by atoms with E-state index >= 15 is 0 Å². The highest BCUT2D eigenvalue weighted by Crippen LogP contribution is 2.16. The molecular formula is C15H27N3O2. The van der Waals surface area contributed by atoms with Crippen LogP contribution in [0.5, 0.6) is 0 Å². The zero-order valence-electron chi connectivity index (χ0n) is 12.5. The Balaban J connectivity index is 1.73. The van der Waals surface area contributed by atoms with E-state index in [2.05, 4.69) is 10.6 Å². The molecule has 2 N–H and O–H groups in total. The first-order valence-corrected chi connectivity index (χ1v) is 7.95. The van der Waals surface area contributed by atoms with Gasteiger partial charge in [-0.1, -0.05) is 0 Å². The van der Waals surface area contributed by atoms with Gasteiger partial charge in [-0.25, -0.2) is 0 Å². The number of hydrogen-bond acceptors (Lipinski definition) is 3. The van der Waals surface area contributed by atoms with E-state index < -0.39 is 0 Å². The van der Waals surface area contributed by atoms with Gasteiger partial charge in [-0.15, -0.1) is 0 Å². The fraction of sp³-hybridized carbons (Fsp3) is 0.867. The number of amides is 2. The number of rotatable bonds is 4. The van der Waals surface area contributed by atoms with Crippen molar-refractivity contribution < 1.29 is 9.59 Å². The van der Waals surface area contributed by atoms with Gasteiger partial charge in [-0.3, -0.25) is 9.59 Å². The van der Waals surface area contributed by atoms with E-state index in [-0.39, 0.29) is 17.9 Å². The average molecular weight is 281 g/mol. The summed E-state index contributed by atoms with van der Waals surface area (Å²) in [4.78, 5) is 26.1. The number of carbonyl (C=O) groups excluding carboxylic acids is 2. The Hall–Kier alpha value is -1.10. The first-order valence-electron chi connectivity index (χ1n) is 7.95. The van der Waals surface area contributed by atoms with Gasteiger partial charge in [-0.05, 0) is 58.0 Å². The molecule has 0 aromatic heterocycles. The summed E-state index contributed by atoms with van der Waals surface area (Å²) in [7, 11) is 0. The molecule has 0 aromatic carbocycles. The van der Waals surface area contributed by atoms with Gasteiger partial charge in [0, 0.05) is 19.5 Å². The van der Waals surface area contributed by atoms with E-state index in [1.165, 1.54) is 6.42 Å². The van der Waals surface area contributed by atoms with Crippen molar-refractivity contribution in [2.24, 2.45) is 5.92 Å². The maximum atomic E-state index is 12.2. The molecule has 0 bridgehead atoms. The molecule has 5 heteroatoms. The monoisotopic (exact) mass is 281 g/mol. The molecule has 2 heterocycles. The zero-order valence-corrected chi connectivity index (χ0v) is 12.5. The molecule has 2 fully saturated rings. The predicted molar refractivity (Wildman–Crippen MR) is 78.2 cm³/mol.